The molecular formula is C20H16Cl3N3O5S2. The number of sulfonamides is 2. The molecule has 0 aliphatic carbocycles. The van der Waals surface area contributed by atoms with Crippen LogP contribution in [-0.4, -0.2) is 29.0 Å². The number of hydrogen-bond donors (Lipinski definition) is 3. The van der Waals surface area contributed by atoms with Gasteiger partial charge < -0.3 is 5.32 Å². The maximum Gasteiger partial charge on any atom is 0.261 e. The molecule has 0 saturated carbocycles. The highest BCUT2D eigenvalue weighted by Gasteiger charge is 2.17. The van der Waals surface area contributed by atoms with E-state index in [1.807, 2.05) is 0 Å². The standard InChI is InChI=1S/C20H16Cl3N3O5S2/c1-32(28,29)25-14-5-8-17(22)16(11-14)20(27)24-13-3-6-15(7-4-13)33(30,31)26-19-9-2-12(21)10-18(19)23/h2-11,25-26H,1H3,(H,24,27). The highest BCUT2D eigenvalue weighted by atomic mass is 35.5. The lowest BCUT2D eigenvalue weighted by Crippen LogP contribution is -2.15. The van der Waals surface area contributed by atoms with Gasteiger partial charge in [0.05, 0.1) is 32.4 Å². The Morgan fingerprint density at radius 3 is 2.00 bits per heavy atom. The van der Waals surface area contributed by atoms with E-state index in [4.69, 9.17) is 34.8 Å². The summed E-state index contributed by atoms with van der Waals surface area (Å²) in [6.45, 7) is 0. The molecule has 0 aliphatic heterocycles. The summed E-state index contributed by atoms with van der Waals surface area (Å²) in [6, 6.07) is 13.8. The molecule has 0 saturated heterocycles. The Balaban J connectivity index is 1.76. The van der Waals surface area contributed by atoms with Gasteiger partial charge in [-0.3, -0.25) is 14.2 Å². The average Bonchev–Trinajstić information content (AvgIpc) is 2.71. The molecule has 0 heterocycles. The quantitative estimate of drug-likeness (QED) is 0.380. The van der Waals surface area contributed by atoms with Gasteiger partial charge in [0.15, 0.2) is 0 Å². The van der Waals surface area contributed by atoms with Crippen LogP contribution in [0, 0.1) is 0 Å². The average molecular weight is 549 g/mol. The van der Waals surface area contributed by atoms with E-state index in [1.165, 1.54) is 60.7 Å². The number of benzene rings is 3. The Hall–Kier alpha value is -2.50. The summed E-state index contributed by atoms with van der Waals surface area (Å²) < 4.78 is 52.7. The summed E-state index contributed by atoms with van der Waals surface area (Å²) in [5.74, 6) is -0.612. The first kappa shape index (κ1) is 25.1. The third-order valence-electron chi connectivity index (χ3n) is 4.11. The zero-order valence-corrected chi connectivity index (χ0v) is 20.7. The number of halogens is 3. The maximum atomic E-state index is 12.6. The van der Waals surface area contributed by atoms with E-state index in [9.17, 15) is 21.6 Å². The lowest BCUT2D eigenvalue weighted by Gasteiger charge is -2.12. The van der Waals surface area contributed by atoms with Crippen molar-refractivity contribution >= 4 is 77.8 Å². The fourth-order valence-corrected chi connectivity index (χ4v) is 5.02. The zero-order chi connectivity index (χ0) is 24.4. The zero-order valence-electron chi connectivity index (χ0n) is 16.8. The van der Waals surface area contributed by atoms with Crippen LogP contribution in [0.5, 0.6) is 0 Å². The lowest BCUT2D eigenvalue weighted by atomic mass is 10.2. The molecule has 8 nitrogen and oxygen atoms in total. The van der Waals surface area contributed by atoms with Crippen LogP contribution in [-0.2, 0) is 20.0 Å². The van der Waals surface area contributed by atoms with Crippen LogP contribution in [0.1, 0.15) is 10.4 Å². The molecule has 174 valence electrons. The Morgan fingerprint density at radius 2 is 1.39 bits per heavy atom. The highest BCUT2D eigenvalue weighted by molar-refractivity contribution is 7.92. The summed E-state index contributed by atoms with van der Waals surface area (Å²) in [4.78, 5) is 12.5. The lowest BCUT2D eigenvalue weighted by molar-refractivity contribution is 0.102. The van der Waals surface area contributed by atoms with Gasteiger partial charge in [-0.2, -0.15) is 0 Å². The van der Waals surface area contributed by atoms with Crippen molar-refractivity contribution in [2.45, 2.75) is 4.90 Å². The minimum Gasteiger partial charge on any atom is -0.322 e. The van der Waals surface area contributed by atoms with Crippen molar-refractivity contribution in [1.82, 2.24) is 0 Å². The number of rotatable bonds is 7. The predicted octanol–water partition coefficient (Wildman–Crippen LogP) is 5.07. The molecule has 0 bridgehead atoms. The predicted molar refractivity (Wildman–Crippen MR) is 132 cm³/mol. The van der Waals surface area contributed by atoms with Crippen LogP contribution in [0.15, 0.2) is 65.6 Å². The first-order valence-electron chi connectivity index (χ1n) is 9.01. The minimum atomic E-state index is -3.95. The van der Waals surface area contributed by atoms with Gasteiger partial charge in [0.1, 0.15) is 0 Å². The molecule has 0 aliphatic rings. The van der Waals surface area contributed by atoms with Crippen molar-refractivity contribution in [3.05, 3.63) is 81.3 Å². The van der Waals surface area contributed by atoms with Gasteiger partial charge >= 0.3 is 0 Å². The molecule has 3 rings (SSSR count). The smallest absolute Gasteiger partial charge is 0.261 e. The van der Waals surface area contributed by atoms with Gasteiger partial charge in [-0.1, -0.05) is 34.8 Å². The van der Waals surface area contributed by atoms with Gasteiger partial charge in [-0.05, 0) is 60.7 Å². The first-order chi connectivity index (χ1) is 15.3. The number of hydrogen-bond acceptors (Lipinski definition) is 5. The van der Waals surface area contributed by atoms with E-state index in [0.29, 0.717) is 10.7 Å². The fraction of sp³-hybridized carbons (Fsp3) is 0.0500. The third-order valence-corrected chi connectivity index (χ3v) is 6.98. The second-order valence-electron chi connectivity index (χ2n) is 6.78. The Labute approximate surface area is 206 Å². The summed E-state index contributed by atoms with van der Waals surface area (Å²) in [5.41, 5.74) is 0.651. The van der Waals surface area contributed by atoms with Crippen LogP contribution in [0.3, 0.4) is 0 Å². The number of anilines is 3. The monoisotopic (exact) mass is 547 g/mol. The van der Waals surface area contributed by atoms with E-state index < -0.39 is 26.0 Å². The van der Waals surface area contributed by atoms with Crippen LogP contribution >= 0.6 is 34.8 Å². The summed E-state index contributed by atoms with van der Waals surface area (Å²) in [5, 5.41) is 3.19. The molecular weight excluding hydrogens is 533 g/mol. The molecule has 0 spiro atoms. The molecule has 0 aromatic heterocycles. The van der Waals surface area contributed by atoms with Crippen molar-refractivity contribution in [2.75, 3.05) is 21.0 Å². The van der Waals surface area contributed by atoms with Crippen LogP contribution in [0.4, 0.5) is 17.1 Å². The van der Waals surface area contributed by atoms with E-state index in [1.54, 1.807) is 0 Å². The Bertz CT molecular complexity index is 1430. The van der Waals surface area contributed by atoms with Gasteiger partial charge in [0, 0.05) is 16.4 Å². The molecule has 13 heteroatoms. The molecule has 0 unspecified atom stereocenters. The van der Waals surface area contributed by atoms with Crippen molar-refractivity contribution in [3.8, 4) is 0 Å². The second kappa shape index (κ2) is 9.78. The summed E-state index contributed by atoms with van der Waals surface area (Å²) >= 11 is 17.9. The SMILES string of the molecule is CS(=O)(=O)Nc1ccc(Cl)c(C(=O)Nc2ccc(S(=O)(=O)Nc3ccc(Cl)cc3Cl)cc2)c1. The number of carbonyl (C=O) groups is 1. The normalized spacial score (nSPS) is 11.6. The Morgan fingerprint density at radius 1 is 0.758 bits per heavy atom. The van der Waals surface area contributed by atoms with Crippen molar-refractivity contribution in [2.24, 2.45) is 0 Å². The second-order valence-corrected chi connectivity index (χ2v) is 11.5. The Kier molecular flexibility index (Phi) is 7.45. The first-order valence-corrected chi connectivity index (χ1v) is 13.5. The highest BCUT2D eigenvalue weighted by Crippen LogP contribution is 2.28. The summed E-state index contributed by atoms with van der Waals surface area (Å²) in [6.07, 6.45) is 0.979. The fourth-order valence-electron chi connectivity index (χ4n) is 2.67. The van der Waals surface area contributed by atoms with Crippen LogP contribution < -0.4 is 14.8 Å². The van der Waals surface area contributed by atoms with Crippen LogP contribution in [0.2, 0.25) is 15.1 Å². The molecule has 3 aromatic rings. The largest absolute Gasteiger partial charge is 0.322 e. The van der Waals surface area contributed by atoms with E-state index in [0.717, 1.165) is 6.26 Å². The van der Waals surface area contributed by atoms with Gasteiger partial charge in [-0.25, -0.2) is 16.8 Å². The number of amides is 1. The minimum absolute atomic E-state index is 0.0288. The number of carbonyl (C=O) groups excluding carboxylic acids is 1. The molecule has 3 N–H and O–H groups in total. The van der Waals surface area contributed by atoms with Gasteiger partial charge in [0.25, 0.3) is 15.9 Å². The van der Waals surface area contributed by atoms with Crippen molar-refractivity contribution in [1.29, 1.82) is 0 Å². The maximum absolute atomic E-state index is 12.6. The molecule has 0 atom stereocenters. The summed E-state index contributed by atoms with van der Waals surface area (Å²) in [7, 11) is -7.49. The van der Waals surface area contributed by atoms with E-state index >= 15 is 0 Å². The van der Waals surface area contributed by atoms with Crippen LogP contribution in [0.25, 0.3) is 0 Å². The van der Waals surface area contributed by atoms with E-state index in [2.05, 4.69) is 14.8 Å². The molecule has 0 radical (unpaired) electrons. The van der Waals surface area contributed by atoms with E-state index in [-0.39, 0.29) is 31.9 Å². The molecule has 0 fully saturated rings. The van der Waals surface area contributed by atoms with Crippen molar-refractivity contribution < 1.29 is 21.6 Å². The third kappa shape index (κ3) is 6.75. The molecule has 1 amide bonds. The molecule has 3 aromatic carbocycles. The van der Waals surface area contributed by atoms with Gasteiger partial charge in [0.2, 0.25) is 10.0 Å². The van der Waals surface area contributed by atoms with Gasteiger partial charge in [-0.15, -0.1) is 0 Å². The molecule has 33 heavy (non-hydrogen) atoms. The van der Waals surface area contributed by atoms with Crippen molar-refractivity contribution in [3.63, 3.8) is 0 Å². The number of nitrogens with one attached hydrogen (secondary N) is 3. The topological polar surface area (TPSA) is 121 Å².